The standard InChI is InChI=1S/C13H11N3O3/c1-9(17)15-12-7-10(4-5-13(12)16(18)19)11-3-2-6-14-8-11/h2-8H,1H3,(H,15,17). The molecule has 0 radical (unpaired) electrons. The maximum atomic E-state index is 11.1. The number of benzene rings is 1. The average Bonchev–Trinajstić information content (AvgIpc) is 2.38. The summed E-state index contributed by atoms with van der Waals surface area (Å²) in [4.78, 5) is 25.4. The van der Waals surface area contributed by atoms with Gasteiger partial charge in [0.05, 0.1) is 4.92 Å². The van der Waals surface area contributed by atoms with Crippen molar-refractivity contribution < 1.29 is 9.72 Å². The Balaban J connectivity index is 2.49. The van der Waals surface area contributed by atoms with E-state index < -0.39 is 4.92 Å². The first kappa shape index (κ1) is 12.7. The molecule has 0 aliphatic heterocycles. The van der Waals surface area contributed by atoms with Crippen LogP contribution in [0.3, 0.4) is 0 Å². The second kappa shape index (κ2) is 5.26. The van der Waals surface area contributed by atoms with Gasteiger partial charge in [0, 0.05) is 30.9 Å². The molecule has 0 saturated heterocycles. The third-order valence-electron chi connectivity index (χ3n) is 2.50. The number of carbonyl (C=O) groups excluding carboxylic acids is 1. The number of nitro groups is 1. The highest BCUT2D eigenvalue weighted by Crippen LogP contribution is 2.30. The molecule has 0 spiro atoms. The van der Waals surface area contributed by atoms with Gasteiger partial charge in [0.25, 0.3) is 5.69 Å². The predicted octanol–water partition coefficient (Wildman–Crippen LogP) is 2.62. The second-order valence-electron chi connectivity index (χ2n) is 3.91. The molecule has 1 aromatic carbocycles. The van der Waals surface area contributed by atoms with Crippen LogP contribution >= 0.6 is 0 Å². The smallest absolute Gasteiger partial charge is 0.292 e. The molecule has 1 heterocycles. The molecule has 0 aliphatic carbocycles. The van der Waals surface area contributed by atoms with Crippen molar-refractivity contribution in [3.63, 3.8) is 0 Å². The van der Waals surface area contributed by atoms with Gasteiger partial charge in [-0.05, 0) is 23.8 Å². The lowest BCUT2D eigenvalue weighted by molar-refractivity contribution is -0.383. The van der Waals surface area contributed by atoms with E-state index in [9.17, 15) is 14.9 Å². The van der Waals surface area contributed by atoms with E-state index in [2.05, 4.69) is 10.3 Å². The second-order valence-corrected chi connectivity index (χ2v) is 3.91. The van der Waals surface area contributed by atoms with Crippen LogP contribution in [0.15, 0.2) is 42.7 Å². The summed E-state index contributed by atoms with van der Waals surface area (Å²) in [5, 5.41) is 13.4. The van der Waals surface area contributed by atoms with Crippen molar-refractivity contribution in [3.8, 4) is 11.1 Å². The molecule has 1 amide bonds. The van der Waals surface area contributed by atoms with Crippen molar-refractivity contribution in [2.45, 2.75) is 6.92 Å². The first-order valence-corrected chi connectivity index (χ1v) is 5.54. The van der Waals surface area contributed by atoms with Crippen molar-refractivity contribution in [3.05, 3.63) is 52.8 Å². The van der Waals surface area contributed by atoms with E-state index in [0.717, 1.165) is 11.1 Å². The molecule has 2 rings (SSSR count). The minimum Gasteiger partial charge on any atom is -0.321 e. The van der Waals surface area contributed by atoms with E-state index in [-0.39, 0.29) is 17.3 Å². The highest BCUT2D eigenvalue weighted by atomic mass is 16.6. The molecule has 0 atom stereocenters. The van der Waals surface area contributed by atoms with Gasteiger partial charge in [0.15, 0.2) is 0 Å². The van der Waals surface area contributed by atoms with Gasteiger partial charge in [0.1, 0.15) is 5.69 Å². The van der Waals surface area contributed by atoms with Crippen LogP contribution in [0.4, 0.5) is 11.4 Å². The van der Waals surface area contributed by atoms with Gasteiger partial charge < -0.3 is 5.32 Å². The van der Waals surface area contributed by atoms with E-state index in [0.29, 0.717) is 0 Å². The van der Waals surface area contributed by atoms with E-state index in [1.54, 1.807) is 30.6 Å². The molecule has 6 heteroatoms. The first-order chi connectivity index (χ1) is 9.08. The van der Waals surface area contributed by atoms with Crippen LogP contribution in [-0.4, -0.2) is 15.8 Å². The minimum atomic E-state index is -0.529. The lowest BCUT2D eigenvalue weighted by Crippen LogP contribution is -2.08. The van der Waals surface area contributed by atoms with Crippen molar-refractivity contribution in [2.24, 2.45) is 0 Å². The largest absolute Gasteiger partial charge is 0.321 e. The highest BCUT2D eigenvalue weighted by Gasteiger charge is 2.15. The molecule has 96 valence electrons. The van der Waals surface area contributed by atoms with Gasteiger partial charge in [-0.2, -0.15) is 0 Å². The molecule has 19 heavy (non-hydrogen) atoms. The van der Waals surface area contributed by atoms with Crippen molar-refractivity contribution in [1.82, 2.24) is 4.98 Å². The zero-order chi connectivity index (χ0) is 13.8. The van der Waals surface area contributed by atoms with Crippen LogP contribution in [0.5, 0.6) is 0 Å². The molecule has 0 aliphatic rings. The topological polar surface area (TPSA) is 85.1 Å². The summed E-state index contributed by atoms with van der Waals surface area (Å²) in [6, 6.07) is 8.17. The third-order valence-corrected chi connectivity index (χ3v) is 2.50. The Morgan fingerprint density at radius 2 is 2.11 bits per heavy atom. The fraction of sp³-hybridized carbons (Fsp3) is 0.0769. The number of amides is 1. The fourth-order valence-electron chi connectivity index (χ4n) is 1.70. The number of anilines is 1. The van der Waals surface area contributed by atoms with Crippen LogP contribution < -0.4 is 5.32 Å². The van der Waals surface area contributed by atoms with Gasteiger partial charge in [-0.25, -0.2) is 0 Å². The van der Waals surface area contributed by atoms with Gasteiger partial charge >= 0.3 is 0 Å². The Labute approximate surface area is 109 Å². The van der Waals surface area contributed by atoms with Crippen molar-refractivity contribution in [2.75, 3.05) is 5.32 Å². The number of hydrogen-bond acceptors (Lipinski definition) is 4. The van der Waals surface area contributed by atoms with E-state index in [1.807, 2.05) is 6.07 Å². The third kappa shape index (κ3) is 2.92. The van der Waals surface area contributed by atoms with Gasteiger partial charge in [-0.15, -0.1) is 0 Å². The number of nitrogens with zero attached hydrogens (tertiary/aromatic N) is 2. The normalized spacial score (nSPS) is 9.95. The van der Waals surface area contributed by atoms with Crippen molar-refractivity contribution >= 4 is 17.3 Å². The SMILES string of the molecule is CC(=O)Nc1cc(-c2cccnc2)ccc1[N+](=O)[O-]. The number of carbonyl (C=O) groups is 1. The molecular formula is C13H11N3O3. The summed E-state index contributed by atoms with van der Waals surface area (Å²) < 4.78 is 0. The van der Waals surface area contributed by atoms with Crippen LogP contribution in [0.25, 0.3) is 11.1 Å². The van der Waals surface area contributed by atoms with Crippen LogP contribution in [0, 0.1) is 10.1 Å². The van der Waals surface area contributed by atoms with E-state index in [1.165, 1.54) is 13.0 Å². The lowest BCUT2D eigenvalue weighted by atomic mass is 10.1. The molecule has 2 aromatic rings. The molecule has 0 bridgehead atoms. The van der Waals surface area contributed by atoms with Gasteiger partial charge in [-0.3, -0.25) is 19.9 Å². The highest BCUT2D eigenvalue weighted by molar-refractivity contribution is 5.92. The fourth-order valence-corrected chi connectivity index (χ4v) is 1.70. The maximum Gasteiger partial charge on any atom is 0.292 e. The summed E-state index contributed by atoms with van der Waals surface area (Å²) in [6.07, 6.45) is 3.29. The summed E-state index contributed by atoms with van der Waals surface area (Å²) in [6.45, 7) is 1.31. The average molecular weight is 257 g/mol. The molecule has 6 nitrogen and oxygen atoms in total. The summed E-state index contributed by atoms with van der Waals surface area (Å²) in [7, 11) is 0. The molecule has 0 saturated carbocycles. The molecule has 0 unspecified atom stereocenters. The summed E-state index contributed by atoms with van der Waals surface area (Å²) in [5.41, 5.74) is 1.62. The molecule has 1 aromatic heterocycles. The Bertz CT molecular complexity index is 626. The molecule has 1 N–H and O–H groups in total. The Hall–Kier alpha value is -2.76. The minimum absolute atomic E-state index is 0.136. The Kier molecular flexibility index (Phi) is 3.51. The Morgan fingerprint density at radius 1 is 1.32 bits per heavy atom. The molecular weight excluding hydrogens is 246 g/mol. The number of rotatable bonds is 3. The molecule has 0 fully saturated rings. The van der Waals surface area contributed by atoms with Crippen molar-refractivity contribution in [1.29, 1.82) is 0 Å². The maximum absolute atomic E-state index is 11.1. The van der Waals surface area contributed by atoms with E-state index in [4.69, 9.17) is 0 Å². The zero-order valence-electron chi connectivity index (χ0n) is 10.2. The number of pyridine rings is 1. The summed E-state index contributed by atoms with van der Waals surface area (Å²) >= 11 is 0. The van der Waals surface area contributed by atoms with Gasteiger partial charge in [0.2, 0.25) is 5.91 Å². The van der Waals surface area contributed by atoms with Crippen LogP contribution in [0.1, 0.15) is 6.92 Å². The van der Waals surface area contributed by atoms with Gasteiger partial charge in [-0.1, -0.05) is 6.07 Å². The first-order valence-electron chi connectivity index (χ1n) is 5.54. The number of nitrogens with one attached hydrogen (secondary N) is 1. The quantitative estimate of drug-likeness (QED) is 0.676. The predicted molar refractivity (Wildman–Crippen MR) is 70.6 cm³/mol. The van der Waals surface area contributed by atoms with E-state index >= 15 is 0 Å². The Morgan fingerprint density at radius 3 is 2.68 bits per heavy atom. The van der Waals surface area contributed by atoms with Crippen LogP contribution in [0.2, 0.25) is 0 Å². The summed E-state index contributed by atoms with van der Waals surface area (Å²) in [5.74, 6) is -0.355. The number of aromatic nitrogens is 1. The monoisotopic (exact) mass is 257 g/mol. The number of hydrogen-bond donors (Lipinski definition) is 1. The zero-order valence-corrected chi connectivity index (χ0v) is 10.2. The number of nitro benzene ring substituents is 1. The van der Waals surface area contributed by atoms with Crippen LogP contribution in [-0.2, 0) is 4.79 Å². The lowest BCUT2D eigenvalue weighted by Gasteiger charge is -2.06.